The average Bonchev–Trinajstić information content (AvgIpc) is 3.09. The SMILES string of the molecule is Cc1ccccc1-n1ncc2c(=O)n(CC(=O)N3CCO[C@@H](C)C3)cnc21. The third-order valence-electron chi connectivity index (χ3n) is 4.80. The molecule has 1 saturated heterocycles. The highest BCUT2D eigenvalue weighted by Crippen LogP contribution is 2.17. The molecule has 1 aliphatic rings. The number of rotatable bonds is 3. The fourth-order valence-electron chi connectivity index (χ4n) is 3.33. The van der Waals surface area contributed by atoms with Crippen LogP contribution in [0.5, 0.6) is 0 Å². The summed E-state index contributed by atoms with van der Waals surface area (Å²) in [5.74, 6) is -0.111. The van der Waals surface area contributed by atoms with Crippen LogP contribution < -0.4 is 5.56 Å². The van der Waals surface area contributed by atoms with Crippen LogP contribution in [0.1, 0.15) is 12.5 Å². The summed E-state index contributed by atoms with van der Waals surface area (Å²) in [5, 5.41) is 4.73. The van der Waals surface area contributed by atoms with Gasteiger partial charge in [0.25, 0.3) is 5.56 Å². The van der Waals surface area contributed by atoms with E-state index in [1.165, 1.54) is 17.1 Å². The van der Waals surface area contributed by atoms with Crippen molar-refractivity contribution in [3.05, 3.63) is 52.7 Å². The molecule has 1 fully saturated rings. The zero-order chi connectivity index (χ0) is 19.0. The van der Waals surface area contributed by atoms with Crippen LogP contribution in [-0.2, 0) is 16.1 Å². The molecule has 0 N–H and O–H groups in total. The number of ether oxygens (including phenoxy) is 1. The van der Waals surface area contributed by atoms with Crippen molar-refractivity contribution in [2.24, 2.45) is 0 Å². The van der Waals surface area contributed by atoms with Crippen LogP contribution in [0.3, 0.4) is 0 Å². The van der Waals surface area contributed by atoms with Crippen LogP contribution in [0.25, 0.3) is 16.7 Å². The van der Waals surface area contributed by atoms with Crippen molar-refractivity contribution in [3.63, 3.8) is 0 Å². The summed E-state index contributed by atoms with van der Waals surface area (Å²) in [5.41, 5.74) is 2.12. The maximum Gasteiger partial charge on any atom is 0.264 e. The van der Waals surface area contributed by atoms with Gasteiger partial charge in [-0.05, 0) is 25.5 Å². The summed E-state index contributed by atoms with van der Waals surface area (Å²) >= 11 is 0. The molecule has 2 aromatic heterocycles. The molecule has 4 rings (SSSR count). The summed E-state index contributed by atoms with van der Waals surface area (Å²) in [6.07, 6.45) is 2.94. The first-order valence-electron chi connectivity index (χ1n) is 8.93. The maximum absolute atomic E-state index is 12.8. The van der Waals surface area contributed by atoms with E-state index in [0.29, 0.717) is 30.7 Å². The zero-order valence-corrected chi connectivity index (χ0v) is 15.3. The van der Waals surface area contributed by atoms with E-state index >= 15 is 0 Å². The summed E-state index contributed by atoms with van der Waals surface area (Å²) < 4.78 is 8.46. The molecule has 0 unspecified atom stereocenters. The highest BCUT2D eigenvalue weighted by atomic mass is 16.5. The zero-order valence-electron chi connectivity index (χ0n) is 15.3. The molecule has 140 valence electrons. The molecule has 3 heterocycles. The lowest BCUT2D eigenvalue weighted by molar-refractivity contribution is -0.138. The summed E-state index contributed by atoms with van der Waals surface area (Å²) in [7, 11) is 0. The molecule has 27 heavy (non-hydrogen) atoms. The molecule has 0 radical (unpaired) electrons. The van der Waals surface area contributed by atoms with Crippen LogP contribution in [0, 0.1) is 6.92 Å². The molecular weight excluding hydrogens is 346 g/mol. The van der Waals surface area contributed by atoms with Gasteiger partial charge in [-0.2, -0.15) is 5.10 Å². The minimum Gasteiger partial charge on any atom is -0.375 e. The van der Waals surface area contributed by atoms with E-state index in [9.17, 15) is 9.59 Å². The van der Waals surface area contributed by atoms with Crippen LogP contribution in [0.2, 0.25) is 0 Å². The van der Waals surface area contributed by atoms with Crippen molar-refractivity contribution < 1.29 is 9.53 Å². The summed E-state index contributed by atoms with van der Waals surface area (Å²) in [6.45, 7) is 5.46. The maximum atomic E-state index is 12.8. The van der Waals surface area contributed by atoms with E-state index in [1.54, 1.807) is 9.58 Å². The highest BCUT2D eigenvalue weighted by Gasteiger charge is 2.22. The predicted octanol–water partition coefficient (Wildman–Crippen LogP) is 1.14. The Hall–Kier alpha value is -3.00. The van der Waals surface area contributed by atoms with E-state index in [0.717, 1.165) is 11.3 Å². The van der Waals surface area contributed by atoms with Gasteiger partial charge in [0.2, 0.25) is 5.91 Å². The number of aromatic nitrogens is 4. The Morgan fingerprint density at radius 1 is 1.33 bits per heavy atom. The number of para-hydroxylation sites is 1. The Morgan fingerprint density at radius 2 is 2.15 bits per heavy atom. The van der Waals surface area contributed by atoms with Crippen molar-refractivity contribution in [2.75, 3.05) is 19.7 Å². The van der Waals surface area contributed by atoms with E-state index in [-0.39, 0.29) is 24.1 Å². The van der Waals surface area contributed by atoms with E-state index in [2.05, 4.69) is 10.1 Å². The average molecular weight is 367 g/mol. The molecule has 1 atom stereocenters. The molecule has 0 bridgehead atoms. The van der Waals surface area contributed by atoms with Gasteiger partial charge in [-0.15, -0.1) is 0 Å². The lowest BCUT2D eigenvalue weighted by Gasteiger charge is -2.31. The van der Waals surface area contributed by atoms with Gasteiger partial charge in [0.05, 0.1) is 24.6 Å². The number of benzene rings is 1. The quantitative estimate of drug-likeness (QED) is 0.693. The molecule has 1 aliphatic heterocycles. The summed E-state index contributed by atoms with van der Waals surface area (Å²) in [4.78, 5) is 31.5. The Kier molecular flexibility index (Phi) is 4.49. The Balaban J connectivity index is 1.65. The molecule has 0 spiro atoms. The van der Waals surface area contributed by atoms with Gasteiger partial charge in [-0.3, -0.25) is 14.2 Å². The largest absolute Gasteiger partial charge is 0.375 e. The molecule has 8 heteroatoms. The van der Waals surface area contributed by atoms with Crippen molar-refractivity contribution in [3.8, 4) is 5.69 Å². The van der Waals surface area contributed by atoms with Gasteiger partial charge in [-0.25, -0.2) is 9.67 Å². The molecular formula is C19H21N5O3. The first-order chi connectivity index (χ1) is 13.0. The number of hydrogen-bond acceptors (Lipinski definition) is 5. The van der Waals surface area contributed by atoms with E-state index < -0.39 is 0 Å². The van der Waals surface area contributed by atoms with Crippen LogP contribution >= 0.6 is 0 Å². The normalized spacial score (nSPS) is 17.4. The second-order valence-electron chi connectivity index (χ2n) is 6.78. The monoisotopic (exact) mass is 367 g/mol. The number of aryl methyl sites for hydroxylation is 1. The number of morpholine rings is 1. The summed E-state index contributed by atoms with van der Waals surface area (Å²) in [6, 6.07) is 7.77. The third kappa shape index (κ3) is 3.23. The number of fused-ring (bicyclic) bond motifs is 1. The van der Waals surface area contributed by atoms with Gasteiger partial charge in [-0.1, -0.05) is 18.2 Å². The lowest BCUT2D eigenvalue weighted by Crippen LogP contribution is -2.46. The second-order valence-corrected chi connectivity index (χ2v) is 6.78. The van der Waals surface area contributed by atoms with Gasteiger partial charge < -0.3 is 9.64 Å². The predicted molar refractivity (Wildman–Crippen MR) is 99.9 cm³/mol. The fourth-order valence-corrected chi connectivity index (χ4v) is 3.33. The van der Waals surface area contributed by atoms with E-state index in [1.807, 2.05) is 38.1 Å². The van der Waals surface area contributed by atoms with Gasteiger partial charge in [0.15, 0.2) is 5.65 Å². The first-order valence-corrected chi connectivity index (χ1v) is 8.93. The standard InChI is InChI=1S/C19H21N5O3/c1-13-5-3-4-6-16(13)24-18-15(9-21-24)19(26)23(12-20-18)11-17(25)22-7-8-27-14(2)10-22/h3-6,9,12,14H,7-8,10-11H2,1-2H3/t14-/m0/s1. The molecule has 3 aromatic rings. The Morgan fingerprint density at radius 3 is 2.93 bits per heavy atom. The van der Waals surface area contributed by atoms with Gasteiger partial charge in [0.1, 0.15) is 18.3 Å². The topological polar surface area (TPSA) is 82.2 Å². The Bertz CT molecular complexity index is 1050. The van der Waals surface area contributed by atoms with Crippen LogP contribution in [0.15, 0.2) is 41.6 Å². The van der Waals surface area contributed by atoms with Crippen molar-refractivity contribution >= 4 is 16.9 Å². The van der Waals surface area contributed by atoms with Gasteiger partial charge in [0, 0.05) is 13.1 Å². The second kappa shape index (κ2) is 6.96. The lowest BCUT2D eigenvalue weighted by atomic mass is 10.2. The highest BCUT2D eigenvalue weighted by molar-refractivity contribution is 5.78. The van der Waals surface area contributed by atoms with Crippen molar-refractivity contribution in [2.45, 2.75) is 26.5 Å². The molecule has 1 amide bonds. The number of amides is 1. The number of nitrogens with zero attached hydrogens (tertiary/aromatic N) is 5. The smallest absolute Gasteiger partial charge is 0.264 e. The third-order valence-corrected chi connectivity index (χ3v) is 4.80. The minimum atomic E-state index is -0.269. The molecule has 0 aliphatic carbocycles. The number of hydrogen-bond donors (Lipinski definition) is 0. The van der Waals surface area contributed by atoms with Crippen LogP contribution in [0.4, 0.5) is 0 Å². The Labute approximate surface area is 156 Å². The number of carbonyl (C=O) groups is 1. The number of carbonyl (C=O) groups excluding carboxylic acids is 1. The molecule has 8 nitrogen and oxygen atoms in total. The fraction of sp³-hybridized carbons (Fsp3) is 0.368. The molecule has 1 aromatic carbocycles. The van der Waals surface area contributed by atoms with Crippen LogP contribution in [-0.4, -0.2) is 55.9 Å². The van der Waals surface area contributed by atoms with Crippen molar-refractivity contribution in [1.82, 2.24) is 24.2 Å². The van der Waals surface area contributed by atoms with Crippen molar-refractivity contribution in [1.29, 1.82) is 0 Å². The first kappa shape index (κ1) is 17.4. The van der Waals surface area contributed by atoms with E-state index in [4.69, 9.17) is 4.74 Å². The minimum absolute atomic E-state index is 0.00683. The van der Waals surface area contributed by atoms with Gasteiger partial charge >= 0.3 is 0 Å². The molecule has 0 saturated carbocycles.